The second-order valence-corrected chi connectivity index (χ2v) is 9.12. The standard InChI is InChI=1S/C18H15BrN2O4S2/c1-20-27(23,24)16-7-5-12(6-8-16)18(22)25-10-15-11-26-17(21-15)13-3-2-4-14(19)9-13/h2-9,11,20H,10H2,1H3. The van der Waals surface area contributed by atoms with E-state index in [9.17, 15) is 13.2 Å². The molecule has 3 rings (SSSR count). The minimum absolute atomic E-state index is 0.0416. The molecule has 0 aliphatic heterocycles. The molecule has 0 saturated carbocycles. The van der Waals surface area contributed by atoms with Gasteiger partial charge in [-0.15, -0.1) is 11.3 Å². The average molecular weight is 467 g/mol. The summed E-state index contributed by atoms with van der Waals surface area (Å²) in [5.74, 6) is -0.541. The maximum atomic E-state index is 12.2. The number of carbonyl (C=O) groups excluding carboxylic acids is 1. The summed E-state index contributed by atoms with van der Waals surface area (Å²) in [6, 6.07) is 13.3. The zero-order valence-corrected chi connectivity index (χ0v) is 17.4. The van der Waals surface area contributed by atoms with Crippen molar-refractivity contribution in [3.63, 3.8) is 0 Å². The Morgan fingerprint density at radius 2 is 1.96 bits per heavy atom. The van der Waals surface area contributed by atoms with Gasteiger partial charge in [-0.25, -0.2) is 22.9 Å². The highest BCUT2D eigenvalue weighted by Crippen LogP contribution is 2.26. The van der Waals surface area contributed by atoms with Crippen LogP contribution in [0.5, 0.6) is 0 Å². The maximum Gasteiger partial charge on any atom is 0.338 e. The molecule has 6 nitrogen and oxygen atoms in total. The maximum absolute atomic E-state index is 12.2. The van der Waals surface area contributed by atoms with Crippen LogP contribution in [0.25, 0.3) is 10.6 Å². The first-order valence-corrected chi connectivity index (χ1v) is 11.0. The Morgan fingerprint density at radius 1 is 1.22 bits per heavy atom. The zero-order valence-electron chi connectivity index (χ0n) is 14.2. The predicted octanol–water partition coefficient (Wildman–Crippen LogP) is 3.84. The van der Waals surface area contributed by atoms with Gasteiger partial charge in [0.25, 0.3) is 0 Å². The third-order valence-electron chi connectivity index (χ3n) is 3.64. The molecule has 0 saturated heterocycles. The molecular formula is C18H15BrN2O4S2. The van der Waals surface area contributed by atoms with Crippen molar-refractivity contribution in [1.82, 2.24) is 9.71 Å². The van der Waals surface area contributed by atoms with Crippen molar-refractivity contribution in [3.8, 4) is 10.6 Å². The van der Waals surface area contributed by atoms with Crippen LogP contribution < -0.4 is 4.72 Å². The summed E-state index contributed by atoms with van der Waals surface area (Å²) in [4.78, 5) is 16.7. The minimum Gasteiger partial charge on any atom is -0.456 e. The fraction of sp³-hybridized carbons (Fsp3) is 0.111. The number of thiazole rings is 1. The highest BCUT2D eigenvalue weighted by Gasteiger charge is 2.14. The molecule has 1 N–H and O–H groups in total. The van der Waals surface area contributed by atoms with Gasteiger partial charge in [0.2, 0.25) is 10.0 Å². The van der Waals surface area contributed by atoms with Gasteiger partial charge < -0.3 is 4.74 Å². The number of ether oxygens (including phenoxy) is 1. The van der Waals surface area contributed by atoms with Crippen molar-refractivity contribution in [2.24, 2.45) is 0 Å². The SMILES string of the molecule is CNS(=O)(=O)c1ccc(C(=O)OCc2csc(-c3cccc(Br)c3)n2)cc1. The molecule has 1 heterocycles. The molecule has 0 fully saturated rings. The lowest BCUT2D eigenvalue weighted by atomic mass is 10.2. The van der Waals surface area contributed by atoms with Crippen LogP contribution in [0.2, 0.25) is 0 Å². The number of esters is 1. The van der Waals surface area contributed by atoms with Gasteiger partial charge in [-0.05, 0) is 43.4 Å². The number of hydrogen-bond donors (Lipinski definition) is 1. The molecule has 0 radical (unpaired) electrons. The molecule has 3 aromatic rings. The van der Waals surface area contributed by atoms with Crippen molar-refractivity contribution in [1.29, 1.82) is 0 Å². The summed E-state index contributed by atoms with van der Waals surface area (Å²) in [7, 11) is -2.21. The van der Waals surface area contributed by atoms with Gasteiger partial charge >= 0.3 is 5.97 Å². The molecule has 0 unspecified atom stereocenters. The lowest BCUT2D eigenvalue weighted by Gasteiger charge is -2.05. The van der Waals surface area contributed by atoms with E-state index in [-0.39, 0.29) is 17.1 Å². The fourth-order valence-corrected chi connectivity index (χ4v) is 4.17. The van der Waals surface area contributed by atoms with E-state index in [0.717, 1.165) is 15.0 Å². The van der Waals surface area contributed by atoms with Crippen LogP contribution in [0.1, 0.15) is 16.1 Å². The lowest BCUT2D eigenvalue weighted by molar-refractivity contribution is 0.0468. The lowest BCUT2D eigenvalue weighted by Crippen LogP contribution is -2.18. The van der Waals surface area contributed by atoms with Crippen LogP contribution in [-0.4, -0.2) is 26.4 Å². The average Bonchev–Trinajstić information content (AvgIpc) is 3.15. The number of hydrogen-bond acceptors (Lipinski definition) is 6. The molecule has 27 heavy (non-hydrogen) atoms. The molecule has 0 aliphatic rings. The molecule has 0 bridgehead atoms. The van der Waals surface area contributed by atoms with E-state index in [2.05, 4.69) is 25.6 Å². The minimum atomic E-state index is -3.54. The number of halogens is 1. The topological polar surface area (TPSA) is 85.4 Å². The van der Waals surface area contributed by atoms with Crippen molar-refractivity contribution in [2.75, 3.05) is 7.05 Å². The highest BCUT2D eigenvalue weighted by molar-refractivity contribution is 9.10. The van der Waals surface area contributed by atoms with Gasteiger partial charge in [0, 0.05) is 15.4 Å². The van der Waals surface area contributed by atoms with Gasteiger partial charge in [0.15, 0.2) is 0 Å². The van der Waals surface area contributed by atoms with Gasteiger partial charge in [-0.1, -0.05) is 28.1 Å². The quantitative estimate of drug-likeness (QED) is 0.557. The Balaban J connectivity index is 1.64. The third kappa shape index (κ3) is 4.81. The van der Waals surface area contributed by atoms with Crippen molar-refractivity contribution in [2.45, 2.75) is 11.5 Å². The Morgan fingerprint density at radius 3 is 2.63 bits per heavy atom. The van der Waals surface area contributed by atoms with E-state index in [0.29, 0.717) is 5.69 Å². The predicted molar refractivity (Wildman–Crippen MR) is 107 cm³/mol. The number of carbonyl (C=O) groups is 1. The third-order valence-corrected chi connectivity index (χ3v) is 6.51. The summed E-state index contributed by atoms with van der Waals surface area (Å²) in [6.45, 7) is 0.0416. The number of benzene rings is 2. The van der Waals surface area contributed by atoms with Gasteiger partial charge in [-0.2, -0.15) is 0 Å². The van der Waals surface area contributed by atoms with Crippen LogP contribution in [0.15, 0.2) is 63.3 Å². The van der Waals surface area contributed by atoms with Gasteiger partial charge in [0.05, 0.1) is 16.2 Å². The summed E-state index contributed by atoms with van der Waals surface area (Å²) < 4.78 is 31.8. The van der Waals surface area contributed by atoms with E-state index in [1.54, 1.807) is 0 Å². The number of nitrogens with one attached hydrogen (secondary N) is 1. The van der Waals surface area contributed by atoms with Crippen LogP contribution in [0.4, 0.5) is 0 Å². The number of sulfonamides is 1. The number of nitrogens with zero attached hydrogens (tertiary/aromatic N) is 1. The Bertz CT molecular complexity index is 1060. The van der Waals surface area contributed by atoms with E-state index in [4.69, 9.17) is 4.74 Å². The van der Waals surface area contributed by atoms with E-state index in [1.165, 1.54) is 42.6 Å². The second-order valence-electron chi connectivity index (χ2n) is 5.46. The summed E-state index contributed by atoms with van der Waals surface area (Å²) in [6.07, 6.45) is 0. The Labute approximate surface area is 169 Å². The molecule has 1 aromatic heterocycles. The number of rotatable bonds is 6. The van der Waals surface area contributed by atoms with Crippen molar-refractivity contribution < 1.29 is 17.9 Å². The van der Waals surface area contributed by atoms with Gasteiger partial charge in [-0.3, -0.25) is 0 Å². The molecule has 0 atom stereocenters. The fourth-order valence-electron chi connectivity index (χ4n) is 2.24. The summed E-state index contributed by atoms with van der Waals surface area (Å²) in [5.41, 5.74) is 1.90. The molecule has 9 heteroatoms. The smallest absolute Gasteiger partial charge is 0.338 e. The molecule has 0 aliphatic carbocycles. The van der Waals surface area contributed by atoms with Crippen molar-refractivity contribution >= 4 is 43.3 Å². The van der Waals surface area contributed by atoms with Crippen LogP contribution in [0, 0.1) is 0 Å². The normalized spacial score (nSPS) is 11.3. The van der Waals surface area contributed by atoms with Crippen LogP contribution in [0.3, 0.4) is 0 Å². The second kappa shape index (κ2) is 8.30. The van der Waals surface area contributed by atoms with Crippen LogP contribution in [-0.2, 0) is 21.4 Å². The monoisotopic (exact) mass is 466 g/mol. The Kier molecular flexibility index (Phi) is 6.05. The van der Waals surface area contributed by atoms with Crippen molar-refractivity contribution in [3.05, 3.63) is 69.6 Å². The molecular weight excluding hydrogens is 452 g/mol. The summed E-state index contributed by atoms with van der Waals surface area (Å²) in [5, 5.41) is 2.68. The summed E-state index contributed by atoms with van der Waals surface area (Å²) >= 11 is 4.90. The molecule has 0 spiro atoms. The van der Waals surface area contributed by atoms with E-state index in [1.807, 2.05) is 29.6 Å². The largest absolute Gasteiger partial charge is 0.456 e. The first kappa shape index (κ1) is 19.7. The van der Waals surface area contributed by atoms with Crippen LogP contribution >= 0.6 is 27.3 Å². The molecule has 0 amide bonds. The molecule has 2 aromatic carbocycles. The first-order valence-electron chi connectivity index (χ1n) is 7.80. The highest BCUT2D eigenvalue weighted by atomic mass is 79.9. The molecule has 140 valence electrons. The first-order chi connectivity index (χ1) is 12.9. The van der Waals surface area contributed by atoms with Gasteiger partial charge in [0.1, 0.15) is 11.6 Å². The van der Waals surface area contributed by atoms with E-state index < -0.39 is 16.0 Å². The Hall–Kier alpha value is -2.07. The zero-order chi connectivity index (χ0) is 19.4. The number of aromatic nitrogens is 1. The van der Waals surface area contributed by atoms with E-state index >= 15 is 0 Å².